The largest absolute Gasteiger partial charge is 0.392 e. The van der Waals surface area contributed by atoms with Gasteiger partial charge >= 0.3 is 0 Å². The lowest BCUT2D eigenvalue weighted by Crippen LogP contribution is -2.19. The van der Waals surface area contributed by atoms with Crippen LogP contribution in [0.4, 0.5) is 0 Å². The van der Waals surface area contributed by atoms with Gasteiger partial charge in [-0.25, -0.2) is 0 Å². The van der Waals surface area contributed by atoms with Gasteiger partial charge in [0.25, 0.3) is 0 Å². The fourth-order valence-corrected chi connectivity index (χ4v) is 2.36. The molecule has 1 heteroatoms. The third-order valence-electron chi connectivity index (χ3n) is 3.29. The lowest BCUT2D eigenvalue weighted by atomic mass is 9.85. The lowest BCUT2D eigenvalue weighted by Gasteiger charge is -2.23. The molecule has 2 rings (SSSR count). The van der Waals surface area contributed by atoms with Crippen molar-refractivity contribution in [2.24, 2.45) is 0 Å². The number of rotatable bonds is 5. The fourth-order valence-electron chi connectivity index (χ4n) is 2.36. The average molecular weight is 250 g/mol. The number of aliphatic hydroxyl groups is 1. The van der Waals surface area contributed by atoms with Crippen LogP contribution in [0.1, 0.15) is 29.9 Å². The Kier molecular flexibility index (Phi) is 4.78. The van der Waals surface area contributed by atoms with Crippen molar-refractivity contribution >= 4 is 0 Å². The standard InChI is InChI=1S/C18H18O/c1-2-3-14-17(19)18(15-10-6-4-7-11-15)16-12-8-5-9-13-16/h1,4-13,17-19H,3,14H2. The summed E-state index contributed by atoms with van der Waals surface area (Å²) < 4.78 is 0. The second-order valence-electron chi connectivity index (χ2n) is 4.61. The maximum absolute atomic E-state index is 10.5. The Morgan fingerprint density at radius 1 is 0.895 bits per heavy atom. The van der Waals surface area contributed by atoms with E-state index in [0.29, 0.717) is 12.8 Å². The van der Waals surface area contributed by atoms with Crippen molar-refractivity contribution in [3.05, 3.63) is 71.8 Å². The molecule has 2 aromatic carbocycles. The fraction of sp³-hybridized carbons (Fsp3) is 0.222. The van der Waals surface area contributed by atoms with Gasteiger partial charge in [-0.2, -0.15) is 0 Å². The minimum atomic E-state index is -0.458. The summed E-state index contributed by atoms with van der Waals surface area (Å²) >= 11 is 0. The monoisotopic (exact) mass is 250 g/mol. The molecule has 0 saturated heterocycles. The van der Waals surface area contributed by atoms with E-state index in [1.807, 2.05) is 36.4 Å². The number of benzene rings is 2. The van der Waals surface area contributed by atoms with Crippen LogP contribution < -0.4 is 0 Å². The van der Waals surface area contributed by atoms with Crippen LogP contribution in [-0.2, 0) is 0 Å². The molecule has 0 radical (unpaired) electrons. The molecule has 1 unspecified atom stereocenters. The highest BCUT2D eigenvalue weighted by Crippen LogP contribution is 2.29. The van der Waals surface area contributed by atoms with Crippen molar-refractivity contribution in [1.29, 1.82) is 0 Å². The molecule has 0 bridgehead atoms. The van der Waals surface area contributed by atoms with Crippen LogP contribution in [0.3, 0.4) is 0 Å². The van der Waals surface area contributed by atoms with Gasteiger partial charge < -0.3 is 5.11 Å². The molecule has 0 spiro atoms. The molecule has 0 aliphatic heterocycles. The first-order valence-corrected chi connectivity index (χ1v) is 6.54. The van der Waals surface area contributed by atoms with Gasteiger partial charge in [0, 0.05) is 12.3 Å². The van der Waals surface area contributed by atoms with E-state index in [1.54, 1.807) is 0 Å². The van der Waals surface area contributed by atoms with Crippen LogP contribution >= 0.6 is 0 Å². The van der Waals surface area contributed by atoms with E-state index in [1.165, 1.54) is 0 Å². The smallest absolute Gasteiger partial charge is 0.0658 e. The number of aliphatic hydroxyl groups excluding tert-OH is 1. The van der Waals surface area contributed by atoms with Crippen molar-refractivity contribution in [2.45, 2.75) is 24.9 Å². The molecule has 0 saturated carbocycles. The number of hydrogen-bond acceptors (Lipinski definition) is 1. The summed E-state index contributed by atoms with van der Waals surface area (Å²) in [7, 11) is 0. The number of hydrogen-bond donors (Lipinski definition) is 1. The van der Waals surface area contributed by atoms with Crippen LogP contribution in [0, 0.1) is 12.3 Å². The van der Waals surface area contributed by atoms with E-state index in [4.69, 9.17) is 6.42 Å². The molecule has 1 N–H and O–H groups in total. The summed E-state index contributed by atoms with van der Waals surface area (Å²) in [6.45, 7) is 0. The van der Waals surface area contributed by atoms with Crippen LogP contribution in [-0.4, -0.2) is 11.2 Å². The molecule has 0 fully saturated rings. The summed E-state index contributed by atoms with van der Waals surface area (Å²) in [6.07, 6.45) is 6.05. The van der Waals surface area contributed by atoms with Gasteiger partial charge in [0.2, 0.25) is 0 Å². The highest BCUT2D eigenvalue weighted by molar-refractivity contribution is 5.33. The molecule has 0 heterocycles. The molecule has 96 valence electrons. The molecular weight excluding hydrogens is 232 g/mol. The van der Waals surface area contributed by atoms with E-state index in [2.05, 4.69) is 30.2 Å². The first kappa shape index (κ1) is 13.4. The Labute approximate surface area is 114 Å². The lowest BCUT2D eigenvalue weighted by molar-refractivity contribution is 0.148. The Hall–Kier alpha value is -2.04. The quantitative estimate of drug-likeness (QED) is 0.804. The van der Waals surface area contributed by atoms with Gasteiger partial charge in [-0.15, -0.1) is 12.3 Å². The summed E-state index contributed by atoms with van der Waals surface area (Å²) in [5, 5.41) is 10.5. The van der Waals surface area contributed by atoms with Crippen LogP contribution in [0.2, 0.25) is 0 Å². The van der Waals surface area contributed by atoms with Crippen LogP contribution in [0.25, 0.3) is 0 Å². The summed E-state index contributed by atoms with van der Waals surface area (Å²) in [5.41, 5.74) is 2.25. The predicted octanol–water partition coefficient (Wildman–Crippen LogP) is 3.59. The number of terminal acetylenes is 1. The summed E-state index contributed by atoms with van der Waals surface area (Å²) in [6, 6.07) is 20.2. The zero-order valence-electron chi connectivity index (χ0n) is 10.9. The van der Waals surface area contributed by atoms with Gasteiger partial charge in [0.15, 0.2) is 0 Å². The molecule has 19 heavy (non-hydrogen) atoms. The predicted molar refractivity (Wildman–Crippen MR) is 78.8 cm³/mol. The zero-order valence-corrected chi connectivity index (χ0v) is 10.9. The molecule has 1 atom stereocenters. The minimum absolute atomic E-state index is 0.0178. The van der Waals surface area contributed by atoms with Crippen molar-refractivity contribution < 1.29 is 5.11 Å². The van der Waals surface area contributed by atoms with Gasteiger partial charge in [0.1, 0.15) is 0 Å². The van der Waals surface area contributed by atoms with Crippen LogP contribution in [0.5, 0.6) is 0 Å². The van der Waals surface area contributed by atoms with Gasteiger partial charge in [-0.3, -0.25) is 0 Å². The molecule has 0 aliphatic carbocycles. The second-order valence-corrected chi connectivity index (χ2v) is 4.61. The van der Waals surface area contributed by atoms with Crippen molar-refractivity contribution in [1.82, 2.24) is 0 Å². The van der Waals surface area contributed by atoms with Gasteiger partial charge in [-0.1, -0.05) is 60.7 Å². The zero-order chi connectivity index (χ0) is 13.5. The van der Waals surface area contributed by atoms with Crippen LogP contribution in [0.15, 0.2) is 60.7 Å². The third-order valence-corrected chi connectivity index (χ3v) is 3.29. The average Bonchev–Trinajstić information content (AvgIpc) is 2.47. The molecule has 0 aromatic heterocycles. The third kappa shape index (κ3) is 3.47. The van der Waals surface area contributed by atoms with E-state index in [0.717, 1.165) is 11.1 Å². The van der Waals surface area contributed by atoms with E-state index in [-0.39, 0.29) is 5.92 Å². The van der Waals surface area contributed by atoms with Gasteiger partial charge in [0.05, 0.1) is 6.10 Å². The van der Waals surface area contributed by atoms with Gasteiger partial charge in [-0.05, 0) is 17.5 Å². The van der Waals surface area contributed by atoms with Crippen molar-refractivity contribution in [2.75, 3.05) is 0 Å². The Bertz CT molecular complexity index is 485. The molecule has 0 amide bonds. The van der Waals surface area contributed by atoms with E-state index >= 15 is 0 Å². The Morgan fingerprint density at radius 3 is 1.79 bits per heavy atom. The highest BCUT2D eigenvalue weighted by Gasteiger charge is 2.22. The first-order chi connectivity index (χ1) is 9.33. The van der Waals surface area contributed by atoms with E-state index < -0.39 is 6.10 Å². The minimum Gasteiger partial charge on any atom is -0.392 e. The topological polar surface area (TPSA) is 20.2 Å². The highest BCUT2D eigenvalue weighted by atomic mass is 16.3. The Morgan fingerprint density at radius 2 is 1.37 bits per heavy atom. The SMILES string of the molecule is C#CCCC(O)C(c1ccccc1)c1ccccc1. The first-order valence-electron chi connectivity index (χ1n) is 6.54. The molecular formula is C18H18O. The summed E-state index contributed by atoms with van der Waals surface area (Å²) in [5.74, 6) is 2.58. The maximum atomic E-state index is 10.5. The Balaban J connectivity index is 2.32. The molecule has 1 nitrogen and oxygen atoms in total. The summed E-state index contributed by atoms with van der Waals surface area (Å²) in [4.78, 5) is 0. The molecule has 0 aliphatic rings. The van der Waals surface area contributed by atoms with Crippen molar-refractivity contribution in [3.8, 4) is 12.3 Å². The second kappa shape index (κ2) is 6.78. The maximum Gasteiger partial charge on any atom is 0.0658 e. The molecule has 2 aromatic rings. The van der Waals surface area contributed by atoms with E-state index in [9.17, 15) is 5.11 Å². The van der Waals surface area contributed by atoms with Crippen molar-refractivity contribution in [3.63, 3.8) is 0 Å². The normalized spacial score (nSPS) is 12.1.